The Morgan fingerprint density at radius 1 is 1.12 bits per heavy atom. The maximum atomic E-state index is 13.4. The molecule has 1 spiro atoms. The second-order valence-electron chi connectivity index (χ2n) is 6.97. The van der Waals surface area contributed by atoms with Gasteiger partial charge in [-0.25, -0.2) is 9.18 Å². The maximum Gasteiger partial charge on any atom is 0.343 e. The molecule has 0 saturated heterocycles. The van der Waals surface area contributed by atoms with E-state index in [9.17, 15) is 14.3 Å². The number of carbonyl (C=O) groups excluding carboxylic acids is 1. The average molecular weight is 373 g/mol. The molecule has 134 valence electrons. The van der Waals surface area contributed by atoms with Crippen LogP contribution in [0.1, 0.15) is 36.8 Å². The number of rotatable bonds is 2. The summed E-state index contributed by atoms with van der Waals surface area (Å²) >= 11 is 5.89. The highest BCUT2D eigenvalue weighted by atomic mass is 35.5. The van der Waals surface area contributed by atoms with E-state index < -0.39 is 17.4 Å². The molecule has 26 heavy (non-hydrogen) atoms. The number of aryl methyl sites for hydroxylation is 1. The predicted molar refractivity (Wildman–Crippen MR) is 98.4 cm³/mol. The summed E-state index contributed by atoms with van der Waals surface area (Å²) in [6, 6.07) is 10.1. The third-order valence-corrected chi connectivity index (χ3v) is 5.62. The van der Waals surface area contributed by atoms with Crippen LogP contribution >= 0.6 is 11.6 Å². The Bertz CT molecular complexity index is 942. The molecule has 0 unspecified atom stereocenters. The molecule has 2 aromatic carbocycles. The molecule has 5 heteroatoms. The van der Waals surface area contributed by atoms with Crippen LogP contribution in [-0.4, -0.2) is 16.7 Å². The summed E-state index contributed by atoms with van der Waals surface area (Å²) in [5.74, 6) is -0.926. The van der Waals surface area contributed by atoms with Gasteiger partial charge >= 0.3 is 5.97 Å². The van der Waals surface area contributed by atoms with E-state index in [1.807, 2.05) is 25.1 Å². The molecule has 1 aliphatic heterocycles. The Kier molecular flexibility index (Phi) is 4.03. The third kappa shape index (κ3) is 2.60. The molecule has 2 aromatic rings. The van der Waals surface area contributed by atoms with Gasteiger partial charge in [-0.15, -0.1) is 0 Å². The minimum atomic E-state index is -0.853. The lowest BCUT2D eigenvalue weighted by molar-refractivity contribution is -0.146. The van der Waals surface area contributed by atoms with Crippen molar-refractivity contribution >= 4 is 23.1 Å². The first-order valence-electron chi connectivity index (χ1n) is 8.65. The first kappa shape index (κ1) is 17.1. The lowest BCUT2D eigenvalue weighted by Crippen LogP contribution is -2.27. The molecule has 0 atom stereocenters. The van der Waals surface area contributed by atoms with Crippen molar-refractivity contribution in [2.75, 3.05) is 0 Å². The molecule has 0 amide bonds. The van der Waals surface area contributed by atoms with E-state index in [2.05, 4.69) is 0 Å². The summed E-state index contributed by atoms with van der Waals surface area (Å²) in [5, 5.41) is 10.8. The summed E-state index contributed by atoms with van der Waals surface area (Å²) < 4.78 is 19.0. The summed E-state index contributed by atoms with van der Waals surface area (Å²) in [4.78, 5) is 12.5. The second kappa shape index (κ2) is 6.13. The summed E-state index contributed by atoms with van der Waals surface area (Å²) in [6.07, 6.45) is 3.16. The standard InChI is InChI=1S/C21H18ClFO3/c1-12-4-5-13(14-6-7-17(23)16(22)11-14)10-15(12)18-19(24)21(26-20(18)25)8-2-3-9-21/h4-7,10-11,24H,2-3,8-9H2,1H3. The molecule has 0 radical (unpaired) electrons. The van der Waals surface area contributed by atoms with Gasteiger partial charge in [0.15, 0.2) is 11.4 Å². The van der Waals surface area contributed by atoms with Crippen molar-refractivity contribution in [3.05, 3.63) is 64.1 Å². The lowest BCUT2D eigenvalue weighted by Gasteiger charge is -2.21. The van der Waals surface area contributed by atoms with Crippen LogP contribution in [0.3, 0.4) is 0 Å². The van der Waals surface area contributed by atoms with Gasteiger partial charge in [0.25, 0.3) is 0 Å². The predicted octanol–water partition coefficient (Wildman–Crippen LogP) is 5.59. The van der Waals surface area contributed by atoms with Gasteiger partial charge in [0.1, 0.15) is 11.4 Å². The van der Waals surface area contributed by atoms with Crippen molar-refractivity contribution in [2.45, 2.75) is 38.2 Å². The molecule has 0 bridgehead atoms. The molecular formula is C21H18ClFO3. The number of benzene rings is 2. The van der Waals surface area contributed by atoms with E-state index in [1.165, 1.54) is 6.07 Å². The van der Waals surface area contributed by atoms with Gasteiger partial charge in [-0.05, 0) is 73.1 Å². The molecule has 1 saturated carbocycles. The Balaban J connectivity index is 1.83. The van der Waals surface area contributed by atoms with Crippen LogP contribution < -0.4 is 0 Å². The van der Waals surface area contributed by atoms with Crippen LogP contribution in [0.25, 0.3) is 16.7 Å². The van der Waals surface area contributed by atoms with E-state index in [1.54, 1.807) is 12.1 Å². The lowest BCUT2D eigenvalue weighted by atomic mass is 9.91. The molecule has 1 heterocycles. The van der Waals surface area contributed by atoms with Crippen LogP contribution in [-0.2, 0) is 9.53 Å². The van der Waals surface area contributed by atoms with E-state index in [-0.39, 0.29) is 16.4 Å². The van der Waals surface area contributed by atoms with E-state index in [0.717, 1.165) is 29.5 Å². The summed E-state index contributed by atoms with van der Waals surface area (Å²) in [6.45, 7) is 1.88. The van der Waals surface area contributed by atoms with Crippen LogP contribution in [0.5, 0.6) is 0 Å². The Morgan fingerprint density at radius 3 is 2.46 bits per heavy atom. The molecule has 1 aliphatic carbocycles. The van der Waals surface area contributed by atoms with E-state index >= 15 is 0 Å². The van der Waals surface area contributed by atoms with Crippen molar-refractivity contribution in [1.82, 2.24) is 0 Å². The number of hydrogen-bond donors (Lipinski definition) is 1. The number of aliphatic hydroxyl groups is 1. The Hall–Kier alpha value is -2.33. The Labute approximate surface area is 156 Å². The number of ether oxygens (including phenoxy) is 1. The summed E-state index contributed by atoms with van der Waals surface area (Å²) in [5.41, 5.74) is 2.39. The highest BCUT2D eigenvalue weighted by Gasteiger charge is 2.50. The van der Waals surface area contributed by atoms with Crippen LogP contribution in [0.4, 0.5) is 4.39 Å². The van der Waals surface area contributed by atoms with Crippen LogP contribution in [0.15, 0.2) is 42.2 Å². The fourth-order valence-corrected chi connectivity index (χ4v) is 4.05. The van der Waals surface area contributed by atoms with Crippen LogP contribution in [0.2, 0.25) is 5.02 Å². The maximum absolute atomic E-state index is 13.4. The minimum absolute atomic E-state index is 0.0388. The highest BCUT2D eigenvalue weighted by Crippen LogP contribution is 2.47. The molecule has 0 aromatic heterocycles. The minimum Gasteiger partial charge on any atom is -0.507 e. The number of esters is 1. The molecule has 4 rings (SSSR count). The van der Waals surface area contributed by atoms with Crippen molar-refractivity contribution < 1.29 is 19.0 Å². The van der Waals surface area contributed by atoms with Crippen molar-refractivity contribution in [1.29, 1.82) is 0 Å². The first-order valence-corrected chi connectivity index (χ1v) is 9.03. The van der Waals surface area contributed by atoms with Crippen LogP contribution in [0, 0.1) is 12.7 Å². The summed E-state index contributed by atoms with van der Waals surface area (Å²) in [7, 11) is 0. The van der Waals surface area contributed by atoms with E-state index in [0.29, 0.717) is 18.4 Å². The van der Waals surface area contributed by atoms with Gasteiger partial charge in [-0.2, -0.15) is 0 Å². The molecule has 2 aliphatic rings. The fraction of sp³-hybridized carbons (Fsp3) is 0.286. The van der Waals surface area contributed by atoms with Crippen molar-refractivity contribution in [3.8, 4) is 11.1 Å². The average Bonchev–Trinajstić information content (AvgIpc) is 3.17. The van der Waals surface area contributed by atoms with E-state index in [4.69, 9.17) is 16.3 Å². The SMILES string of the molecule is Cc1ccc(-c2ccc(F)c(Cl)c2)cc1C1=C(O)C2(CCCC2)OC1=O. The number of hydrogen-bond acceptors (Lipinski definition) is 3. The number of halogens is 2. The normalized spacial score (nSPS) is 18.7. The van der Waals surface area contributed by atoms with Gasteiger partial charge in [0, 0.05) is 0 Å². The molecule has 1 N–H and O–H groups in total. The Morgan fingerprint density at radius 2 is 1.77 bits per heavy atom. The molecule has 1 fully saturated rings. The topological polar surface area (TPSA) is 46.5 Å². The first-order chi connectivity index (χ1) is 12.4. The van der Waals surface area contributed by atoms with Gasteiger partial charge in [0.2, 0.25) is 0 Å². The van der Waals surface area contributed by atoms with Gasteiger partial charge < -0.3 is 9.84 Å². The molecular weight excluding hydrogens is 355 g/mol. The smallest absolute Gasteiger partial charge is 0.343 e. The zero-order valence-corrected chi connectivity index (χ0v) is 15.1. The van der Waals surface area contributed by atoms with Gasteiger partial charge in [0.05, 0.1) is 5.02 Å². The highest BCUT2D eigenvalue weighted by molar-refractivity contribution is 6.31. The van der Waals surface area contributed by atoms with Crippen molar-refractivity contribution in [2.24, 2.45) is 0 Å². The second-order valence-corrected chi connectivity index (χ2v) is 7.38. The monoisotopic (exact) mass is 372 g/mol. The third-order valence-electron chi connectivity index (χ3n) is 5.33. The number of aliphatic hydroxyl groups excluding tert-OH is 1. The molecule has 3 nitrogen and oxygen atoms in total. The van der Waals surface area contributed by atoms with Gasteiger partial charge in [-0.3, -0.25) is 0 Å². The largest absolute Gasteiger partial charge is 0.507 e. The van der Waals surface area contributed by atoms with Crippen molar-refractivity contribution in [3.63, 3.8) is 0 Å². The zero-order chi connectivity index (χ0) is 18.5. The quantitative estimate of drug-likeness (QED) is 0.698. The number of carbonyl (C=O) groups is 1. The fourth-order valence-electron chi connectivity index (χ4n) is 3.87. The van der Waals surface area contributed by atoms with Gasteiger partial charge in [-0.1, -0.05) is 29.8 Å². The zero-order valence-electron chi connectivity index (χ0n) is 14.3.